The number of amides is 3. The molecule has 2 saturated heterocycles. The summed E-state index contributed by atoms with van der Waals surface area (Å²) in [6.45, 7) is 1.92. The van der Waals surface area contributed by atoms with Gasteiger partial charge in [0.15, 0.2) is 5.78 Å². The van der Waals surface area contributed by atoms with Crippen molar-refractivity contribution in [1.29, 1.82) is 0 Å². The summed E-state index contributed by atoms with van der Waals surface area (Å²) in [5.74, 6) is -0.352. The predicted molar refractivity (Wildman–Crippen MR) is 165 cm³/mol. The van der Waals surface area contributed by atoms with E-state index < -0.39 is 33.5 Å². The third-order valence-electron chi connectivity index (χ3n) is 8.24. The molecule has 0 bridgehead atoms. The predicted octanol–water partition coefficient (Wildman–Crippen LogP) is 4.01. The van der Waals surface area contributed by atoms with E-state index in [1.54, 1.807) is 0 Å². The van der Waals surface area contributed by atoms with Gasteiger partial charge in [0.25, 0.3) is 15.9 Å². The zero-order chi connectivity index (χ0) is 34.1. The van der Waals surface area contributed by atoms with Gasteiger partial charge in [0.05, 0.1) is 31.2 Å². The van der Waals surface area contributed by atoms with Crippen molar-refractivity contribution in [2.45, 2.75) is 48.0 Å². The van der Waals surface area contributed by atoms with Crippen molar-refractivity contribution < 1.29 is 45.4 Å². The van der Waals surface area contributed by atoms with Crippen molar-refractivity contribution in [3.8, 4) is 22.8 Å². The Morgan fingerprint density at radius 1 is 1.11 bits per heavy atom. The summed E-state index contributed by atoms with van der Waals surface area (Å²) < 4.78 is 80.7. The number of benzene rings is 1. The fourth-order valence-electron chi connectivity index (χ4n) is 5.74. The molecule has 1 spiro atoms. The van der Waals surface area contributed by atoms with Crippen LogP contribution in [0.2, 0.25) is 0 Å². The van der Waals surface area contributed by atoms with Crippen LogP contribution in [-0.4, -0.2) is 80.2 Å². The van der Waals surface area contributed by atoms with Crippen LogP contribution in [0, 0.1) is 0 Å². The Kier molecular flexibility index (Phi) is 9.57. The van der Waals surface area contributed by atoms with E-state index in [0.29, 0.717) is 50.0 Å². The van der Waals surface area contributed by atoms with Crippen LogP contribution in [0.3, 0.4) is 0 Å². The third-order valence-corrected chi connectivity index (χ3v) is 11.1. The number of piperidine rings is 1. The molecule has 3 amide bonds. The summed E-state index contributed by atoms with van der Waals surface area (Å²) in [7, 11) is -0.581. The lowest BCUT2D eigenvalue weighted by Crippen LogP contribution is -2.54. The van der Waals surface area contributed by atoms with Crippen molar-refractivity contribution in [2.24, 2.45) is 7.05 Å². The molecule has 254 valence electrons. The van der Waals surface area contributed by atoms with Crippen molar-refractivity contribution in [3.63, 3.8) is 0 Å². The Hall–Kier alpha value is -4.16. The van der Waals surface area contributed by atoms with Crippen LogP contribution in [0.15, 0.2) is 33.9 Å². The highest BCUT2D eigenvalue weighted by atomic mass is 32.2. The Labute approximate surface area is 272 Å². The van der Waals surface area contributed by atoms with Gasteiger partial charge in [0.2, 0.25) is 0 Å². The van der Waals surface area contributed by atoms with Gasteiger partial charge in [-0.2, -0.15) is 18.3 Å². The van der Waals surface area contributed by atoms with Crippen LogP contribution >= 0.6 is 11.3 Å². The maximum absolute atomic E-state index is 13.6. The first-order valence-electron chi connectivity index (χ1n) is 14.5. The second-order valence-electron chi connectivity index (χ2n) is 11.2. The Morgan fingerprint density at radius 2 is 1.81 bits per heavy atom. The molecule has 1 aromatic carbocycles. The number of anilines is 1. The summed E-state index contributed by atoms with van der Waals surface area (Å²) in [4.78, 5) is 39.2. The Morgan fingerprint density at radius 3 is 2.40 bits per heavy atom. The number of hydrogen-bond acceptors (Lipinski definition) is 10. The van der Waals surface area contributed by atoms with Gasteiger partial charge >= 0.3 is 12.2 Å². The second-order valence-corrected chi connectivity index (χ2v) is 14.0. The van der Waals surface area contributed by atoms with E-state index in [1.165, 1.54) is 37.8 Å². The number of halogens is 3. The number of alkyl halides is 3. The molecular weight excluding hydrogens is 665 g/mol. The minimum absolute atomic E-state index is 0.0162. The number of ketones is 1. The lowest BCUT2D eigenvalue weighted by atomic mass is 9.87. The normalized spacial score (nSPS) is 16.6. The number of sulfonamides is 1. The number of urea groups is 1. The number of methoxy groups -OCH3 is 2. The fraction of sp³-hybridized carbons (Fsp3) is 0.448. The summed E-state index contributed by atoms with van der Waals surface area (Å²) in [5.41, 5.74) is -2.00. The lowest BCUT2D eigenvalue weighted by Gasteiger charge is -2.36. The van der Waals surface area contributed by atoms with Gasteiger partial charge in [-0.15, -0.1) is 11.3 Å². The zero-order valence-electron chi connectivity index (χ0n) is 25.7. The number of likely N-dealkylation sites (tertiary alicyclic amines) is 1. The summed E-state index contributed by atoms with van der Waals surface area (Å²) >= 11 is 0.800. The number of aryl methyl sites for hydroxylation is 1. The smallest absolute Gasteiger partial charge is 0.433 e. The standard InChI is InChI=1S/C29H33F3N6O7S2/c1-37-24(29(30,31)32)15-19(35-37)17-7-13-46-25(17)47(42,43)36-20-14-18(22(44-2)16-23(20)45-3)21(39)6-4-5-10-38-11-8-28(9-12-38)26(40)33-27(41)34-28/h7,13-16,36H,4-6,8-12H2,1-3H3,(H2,33,34,40,41). The van der Waals surface area contributed by atoms with Crippen molar-refractivity contribution in [3.05, 3.63) is 40.9 Å². The van der Waals surface area contributed by atoms with E-state index >= 15 is 0 Å². The van der Waals surface area contributed by atoms with Gasteiger partial charge in [-0.05, 0) is 55.8 Å². The summed E-state index contributed by atoms with van der Waals surface area (Å²) in [6, 6.07) is 4.37. The second kappa shape index (κ2) is 13.2. The molecule has 2 fully saturated rings. The third kappa shape index (κ3) is 7.08. The molecule has 47 heavy (non-hydrogen) atoms. The first kappa shape index (κ1) is 34.2. The van der Waals surface area contributed by atoms with Gasteiger partial charge in [-0.1, -0.05) is 0 Å². The van der Waals surface area contributed by atoms with Crippen LogP contribution in [0.1, 0.15) is 48.2 Å². The van der Waals surface area contributed by atoms with E-state index in [1.807, 2.05) is 0 Å². The van der Waals surface area contributed by atoms with E-state index in [4.69, 9.17) is 9.47 Å². The average molecular weight is 699 g/mol. The molecule has 2 aromatic heterocycles. The van der Waals surface area contributed by atoms with Crippen LogP contribution in [0.4, 0.5) is 23.7 Å². The number of rotatable bonds is 12. The molecule has 0 unspecified atom stereocenters. The van der Waals surface area contributed by atoms with E-state index in [-0.39, 0.29) is 56.3 Å². The molecule has 0 atom stereocenters. The fourth-order valence-corrected chi connectivity index (χ4v) is 8.17. The summed E-state index contributed by atoms with van der Waals surface area (Å²) in [6.07, 6.45) is -2.35. The molecule has 3 N–H and O–H groups in total. The minimum Gasteiger partial charge on any atom is -0.496 e. The monoisotopic (exact) mass is 698 g/mol. The first-order valence-corrected chi connectivity index (χ1v) is 16.9. The Balaban J connectivity index is 1.26. The van der Waals surface area contributed by atoms with Crippen molar-refractivity contribution in [1.82, 2.24) is 25.3 Å². The van der Waals surface area contributed by atoms with Gasteiger partial charge in [-0.3, -0.25) is 24.3 Å². The zero-order valence-corrected chi connectivity index (χ0v) is 27.3. The minimum atomic E-state index is -4.68. The molecule has 18 heteroatoms. The molecule has 3 aromatic rings. The quantitative estimate of drug-likeness (QED) is 0.144. The molecule has 5 rings (SSSR count). The highest BCUT2D eigenvalue weighted by Crippen LogP contribution is 2.39. The number of nitrogens with zero attached hydrogens (tertiary/aromatic N) is 3. The topological polar surface area (TPSA) is 161 Å². The SMILES string of the molecule is COc1cc(OC)c(C(=O)CCCCN2CCC3(CC2)NC(=O)NC3=O)cc1NS(=O)(=O)c1sccc1-c1cc(C(F)(F)F)n(C)n1. The van der Waals surface area contributed by atoms with Gasteiger partial charge in [0.1, 0.15) is 26.9 Å². The van der Waals surface area contributed by atoms with E-state index in [0.717, 1.165) is 24.5 Å². The van der Waals surface area contributed by atoms with Crippen molar-refractivity contribution in [2.75, 3.05) is 38.6 Å². The van der Waals surface area contributed by atoms with Crippen LogP contribution < -0.4 is 24.8 Å². The number of nitrogens with one attached hydrogen (secondary N) is 3. The highest BCUT2D eigenvalue weighted by molar-refractivity contribution is 7.94. The van der Waals surface area contributed by atoms with Gasteiger partial charge in [-0.25, -0.2) is 13.2 Å². The largest absolute Gasteiger partial charge is 0.496 e. The molecule has 13 nitrogen and oxygen atoms in total. The Bertz CT molecular complexity index is 1800. The summed E-state index contributed by atoms with van der Waals surface area (Å²) in [5, 5.41) is 10.3. The number of carbonyl (C=O) groups excluding carboxylic acids is 3. The number of ether oxygens (including phenoxy) is 2. The molecular formula is C29H33F3N6O7S2. The lowest BCUT2D eigenvalue weighted by molar-refractivity contribution is -0.143. The number of carbonyl (C=O) groups is 3. The molecule has 0 aliphatic carbocycles. The number of Topliss-reactive ketones (excluding diaryl/α,β-unsaturated/α-hetero) is 1. The average Bonchev–Trinajstić information content (AvgIpc) is 3.73. The number of unbranched alkanes of at least 4 members (excludes halogenated alkanes) is 1. The van der Waals surface area contributed by atoms with Crippen molar-refractivity contribution >= 4 is 44.8 Å². The highest BCUT2D eigenvalue weighted by Gasteiger charge is 2.47. The molecule has 2 aliphatic rings. The molecule has 2 aliphatic heterocycles. The number of imide groups is 1. The van der Waals surface area contributed by atoms with Crippen LogP contribution in [-0.2, 0) is 28.0 Å². The maximum Gasteiger partial charge on any atom is 0.433 e. The maximum atomic E-state index is 13.6. The molecule has 0 radical (unpaired) electrons. The number of hydrogen-bond donors (Lipinski definition) is 3. The molecule has 4 heterocycles. The van der Waals surface area contributed by atoms with Gasteiger partial charge < -0.3 is 19.7 Å². The van der Waals surface area contributed by atoms with Crippen LogP contribution in [0.25, 0.3) is 11.3 Å². The van der Waals surface area contributed by atoms with Crippen LogP contribution in [0.5, 0.6) is 11.5 Å². The number of thiophene rings is 1. The van der Waals surface area contributed by atoms with Gasteiger partial charge in [0, 0.05) is 38.2 Å². The number of aromatic nitrogens is 2. The first-order chi connectivity index (χ1) is 22.2. The molecule has 0 saturated carbocycles. The van der Waals surface area contributed by atoms with E-state index in [2.05, 4.69) is 25.4 Å². The van der Waals surface area contributed by atoms with E-state index in [9.17, 15) is 36.0 Å².